The molecule has 2 aromatic rings. The first kappa shape index (κ1) is 23.4. The number of hydrogen-bond acceptors (Lipinski definition) is 4. The van der Waals surface area contributed by atoms with E-state index in [1.807, 2.05) is 24.3 Å². The maximum absolute atomic E-state index is 12.9. The van der Waals surface area contributed by atoms with E-state index in [9.17, 15) is 4.39 Å². The van der Waals surface area contributed by atoms with Gasteiger partial charge in [0.05, 0.1) is 19.8 Å². The molecule has 0 aromatic heterocycles. The third kappa shape index (κ3) is 8.55. The van der Waals surface area contributed by atoms with Crippen LogP contribution in [0.25, 0.3) is 0 Å². The number of hydrogen-bond donors (Lipinski definition) is 2. The van der Waals surface area contributed by atoms with Crippen molar-refractivity contribution in [2.75, 3.05) is 39.4 Å². The van der Waals surface area contributed by atoms with Crippen molar-refractivity contribution in [3.63, 3.8) is 0 Å². The minimum absolute atomic E-state index is 0. The lowest BCUT2D eigenvalue weighted by Gasteiger charge is -2.26. The lowest BCUT2D eigenvalue weighted by molar-refractivity contribution is 0.0376. The Morgan fingerprint density at radius 1 is 1.07 bits per heavy atom. The average Bonchev–Trinajstić information content (AvgIpc) is 2.73. The lowest BCUT2D eigenvalue weighted by Crippen LogP contribution is -2.39. The Hall–Kier alpha value is -1.91. The number of nitrogens with one attached hydrogen (secondary N) is 1. The Kier molecular flexibility index (Phi) is 10.2. The van der Waals surface area contributed by atoms with Crippen molar-refractivity contribution in [1.29, 1.82) is 0 Å². The van der Waals surface area contributed by atoms with Gasteiger partial charge >= 0.3 is 0 Å². The third-order valence-electron chi connectivity index (χ3n) is 4.47. The van der Waals surface area contributed by atoms with Gasteiger partial charge in [-0.3, -0.25) is 4.90 Å². The molecule has 1 heterocycles. The summed E-state index contributed by atoms with van der Waals surface area (Å²) in [6.07, 6.45) is 1.02. The molecule has 158 valence electrons. The normalized spacial score (nSPS) is 14.9. The summed E-state index contributed by atoms with van der Waals surface area (Å²) in [4.78, 5) is 6.77. The summed E-state index contributed by atoms with van der Waals surface area (Å²) in [7, 11) is 0. The zero-order chi connectivity index (χ0) is 19.6. The van der Waals surface area contributed by atoms with Crippen LogP contribution in [-0.4, -0.2) is 50.3 Å². The molecule has 6 nitrogen and oxygen atoms in total. The number of nitrogens with zero attached hydrogens (tertiary/aromatic N) is 2. The Morgan fingerprint density at radius 2 is 1.69 bits per heavy atom. The van der Waals surface area contributed by atoms with Crippen molar-refractivity contribution in [2.24, 2.45) is 10.7 Å². The van der Waals surface area contributed by atoms with Gasteiger partial charge in [0, 0.05) is 19.6 Å². The molecular weight excluding hydrogens is 486 g/mol. The van der Waals surface area contributed by atoms with Crippen LogP contribution in [0.5, 0.6) is 11.5 Å². The van der Waals surface area contributed by atoms with Gasteiger partial charge < -0.3 is 20.5 Å². The molecular formula is C21H28FIN4O2. The fourth-order valence-electron chi connectivity index (χ4n) is 2.88. The molecule has 0 saturated carbocycles. The molecule has 3 rings (SSSR count). The van der Waals surface area contributed by atoms with E-state index in [2.05, 4.69) is 15.2 Å². The van der Waals surface area contributed by atoms with Gasteiger partial charge in [0.1, 0.15) is 17.3 Å². The van der Waals surface area contributed by atoms with Crippen LogP contribution < -0.4 is 15.8 Å². The standard InChI is InChI=1S/C21H27FN4O2.HI/c22-18-4-8-20(9-5-18)28-19-6-2-17(3-7-19)16-25-21(23)24-10-1-11-26-12-14-27-15-13-26;/h2-9H,1,10-16H2,(H3,23,24,25);1H. The van der Waals surface area contributed by atoms with Crippen LogP contribution in [0, 0.1) is 5.82 Å². The summed E-state index contributed by atoms with van der Waals surface area (Å²) < 4.78 is 23.9. The topological polar surface area (TPSA) is 72.1 Å². The minimum atomic E-state index is -0.284. The molecule has 2 aromatic carbocycles. The predicted octanol–water partition coefficient (Wildman–Crippen LogP) is 3.36. The lowest BCUT2D eigenvalue weighted by atomic mass is 10.2. The molecule has 1 saturated heterocycles. The van der Waals surface area contributed by atoms with Crippen molar-refractivity contribution >= 4 is 29.9 Å². The van der Waals surface area contributed by atoms with E-state index in [0.717, 1.165) is 51.4 Å². The van der Waals surface area contributed by atoms with E-state index in [1.54, 1.807) is 12.1 Å². The van der Waals surface area contributed by atoms with Gasteiger partial charge in [-0.05, 0) is 54.9 Å². The van der Waals surface area contributed by atoms with Crippen LogP contribution in [0.15, 0.2) is 53.5 Å². The molecule has 8 heteroatoms. The van der Waals surface area contributed by atoms with E-state index < -0.39 is 0 Å². The maximum Gasteiger partial charge on any atom is 0.188 e. The molecule has 1 fully saturated rings. The molecule has 1 aliphatic rings. The van der Waals surface area contributed by atoms with Crippen LogP contribution >= 0.6 is 24.0 Å². The van der Waals surface area contributed by atoms with Gasteiger partial charge in [0.15, 0.2) is 5.96 Å². The van der Waals surface area contributed by atoms with E-state index in [4.69, 9.17) is 15.2 Å². The van der Waals surface area contributed by atoms with Crippen molar-refractivity contribution in [3.05, 3.63) is 59.9 Å². The Balaban J connectivity index is 0.00000300. The molecule has 0 unspecified atom stereocenters. The highest BCUT2D eigenvalue weighted by Gasteiger charge is 2.09. The summed E-state index contributed by atoms with van der Waals surface area (Å²) >= 11 is 0. The quantitative estimate of drug-likeness (QED) is 0.245. The highest BCUT2D eigenvalue weighted by molar-refractivity contribution is 14.0. The highest BCUT2D eigenvalue weighted by atomic mass is 127. The molecule has 1 aliphatic heterocycles. The number of aliphatic imine (C=N–C) groups is 1. The van der Waals surface area contributed by atoms with E-state index in [-0.39, 0.29) is 29.8 Å². The molecule has 0 atom stereocenters. The first-order valence-corrected chi connectivity index (χ1v) is 9.55. The minimum Gasteiger partial charge on any atom is -0.457 e. The number of rotatable bonds is 8. The Morgan fingerprint density at radius 3 is 2.34 bits per heavy atom. The molecule has 3 N–H and O–H groups in total. The summed E-state index contributed by atoms with van der Waals surface area (Å²) in [6, 6.07) is 13.5. The predicted molar refractivity (Wildman–Crippen MR) is 124 cm³/mol. The molecule has 0 aliphatic carbocycles. The summed E-state index contributed by atoms with van der Waals surface area (Å²) in [5.74, 6) is 1.45. The van der Waals surface area contributed by atoms with Gasteiger partial charge in [-0.25, -0.2) is 9.38 Å². The van der Waals surface area contributed by atoms with E-state index in [0.29, 0.717) is 24.0 Å². The molecule has 0 radical (unpaired) electrons. The fourth-order valence-corrected chi connectivity index (χ4v) is 2.88. The summed E-state index contributed by atoms with van der Waals surface area (Å²) in [5, 5.41) is 3.16. The van der Waals surface area contributed by atoms with Crippen LogP contribution in [0.2, 0.25) is 0 Å². The van der Waals surface area contributed by atoms with Crippen LogP contribution in [0.1, 0.15) is 12.0 Å². The Labute approximate surface area is 188 Å². The third-order valence-corrected chi connectivity index (χ3v) is 4.47. The fraction of sp³-hybridized carbons (Fsp3) is 0.381. The molecule has 29 heavy (non-hydrogen) atoms. The van der Waals surface area contributed by atoms with Crippen LogP contribution in [0.3, 0.4) is 0 Å². The number of guanidine groups is 1. The highest BCUT2D eigenvalue weighted by Crippen LogP contribution is 2.22. The Bertz CT molecular complexity index is 750. The number of halogens is 2. The second-order valence-corrected chi connectivity index (χ2v) is 6.64. The first-order chi connectivity index (χ1) is 13.7. The zero-order valence-corrected chi connectivity index (χ0v) is 18.7. The van der Waals surface area contributed by atoms with E-state index in [1.165, 1.54) is 12.1 Å². The van der Waals surface area contributed by atoms with Crippen molar-refractivity contribution < 1.29 is 13.9 Å². The van der Waals surface area contributed by atoms with Gasteiger partial charge in [-0.2, -0.15) is 0 Å². The van der Waals surface area contributed by atoms with Gasteiger partial charge in [-0.15, -0.1) is 24.0 Å². The zero-order valence-electron chi connectivity index (χ0n) is 16.4. The smallest absolute Gasteiger partial charge is 0.188 e. The molecule has 0 spiro atoms. The van der Waals surface area contributed by atoms with Crippen molar-refractivity contribution in [1.82, 2.24) is 10.2 Å². The second-order valence-electron chi connectivity index (χ2n) is 6.64. The van der Waals surface area contributed by atoms with Crippen molar-refractivity contribution in [2.45, 2.75) is 13.0 Å². The van der Waals surface area contributed by atoms with Gasteiger partial charge in [0.2, 0.25) is 0 Å². The second kappa shape index (κ2) is 12.6. The van der Waals surface area contributed by atoms with Crippen LogP contribution in [-0.2, 0) is 11.3 Å². The molecule has 0 amide bonds. The van der Waals surface area contributed by atoms with Crippen molar-refractivity contribution in [3.8, 4) is 11.5 Å². The first-order valence-electron chi connectivity index (χ1n) is 9.55. The van der Waals surface area contributed by atoms with Gasteiger partial charge in [0.25, 0.3) is 0 Å². The average molecular weight is 514 g/mol. The number of morpholine rings is 1. The van der Waals surface area contributed by atoms with E-state index >= 15 is 0 Å². The SMILES string of the molecule is I.NC(=NCc1ccc(Oc2ccc(F)cc2)cc1)NCCCN1CCOCC1. The number of nitrogens with two attached hydrogens (primary N) is 1. The molecule has 0 bridgehead atoms. The van der Waals surface area contributed by atoms with Crippen LogP contribution in [0.4, 0.5) is 4.39 Å². The summed E-state index contributed by atoms with van der Waals surface area (Å²) in [5.41, 5.74) is 6.97. The number of ether oxygens (including phenoxy) is 2. The maximum atomic E-state index is 12.9. The largest absolute Gasteiger partial charge is 0.457 e. The monoisotopic (exact) mass is 514 g/mol. The summed E-state index contributed by atoms with van der Waals surface area (Å²) in [6.45, 7) is 6.00. The van der Waals surface area contributed by atoms with Gasteiger partial charge in [-0.1, -0.05) is 12.1 Å². The number of benzene rings is 2.